The minimum absolute atomic E-state index is 0.310. The fourth-order valence-corrected chi connectivity index (χ4v) is 4.43. The largest absolute Gasteiger partial charge is 0.408 e. The Morgan fingerprint density at radius 2 is 2.21 bits per heavy atom. The van der Waals surface area contributed by atoms with Gasteiger partial charge in [0.2, 0.25) is 5.89 Å². The molecule has 150 valence electrons. The van der Waals surface area contributed by atoms with E-state index in [4.69, 9.17) is 25.7 Å². The van der Waals surface area contributed by atoms with Crippen LogP contribution in [-0.2, 0) is 11.2 Å². The minimum Gasteiger partial charge on any atom is -0.408 e. The predicted molar refractivity (Wildman–Crippen MR) is 116 cm³/mol. The van der Waals surface area contributed by atoms with Crippen LogP contribution in [0.25, 0.3) is 5.70 Å². The number of aryl methyl sites for hydroxylation is 1. The maximum absolute atomic E-state index is 6.86. The molecule has 2 heterocycles. The lowest BCUT2D eigenvalue weighted by Gasteiger charge is -2.16. The fraction of sp³-hybridized carbons (Fsp3) is 0.450. The molecule has 2 aromatic rings. The van der Waals surface area contributed by atoms with Crippen LogP contribution < -0.4 is 5.32 Å². The zero-order valence-corrected chi connectivity index (χ0v) is 18.0. The average molecular weight is 421 g/mol. The van der Waals surface area contributed by atoms with Crippen molar-refractivity contribution < 1.29 is 9.15 Å². The van der Waals surface area contributed by atoms with Crippen molar-refractivity contribution in [2.45, 2.75) is 31.6 Å². The standard InChI is InChI=1S/C20H25ClN4O2S/c1-5-17-24-25-20(27-17)23-12(3)14-7-8-16(28-6-2)18(19(14)21)15-9-13(10-22-15)11-26-4/h7-8,13H,3,5-6,9-11H2,1-2,4H3,(H,23,25). The molecule has 1 aromatic heterocycles. The maximum Gasteiger partial charge on any atom is 0.320 e. The van der Waals surface area contributed by atoms with Crippen LogP contribution in [0.2, 0.25) is 5.02 Å². The number of halogens is 1. The van der Waals surface area contributed by atoms with E-state index in [9.17, 15) is 0 Å². The monoisotopic (exact) mass is 420 g/mol. The molecule has 0 saturated carbocycles. The number of hydrogen-bond donors (Lipinski definition) is 1. The second-order valence-corrected chi connectivity index (χ2v) is 8.19. The van der Waals surface area contributed by atoms with E-state index in [1.165, 1.54) is 0 Å². The average Bonchev–Trinajstić information content (AvgIpc) is 3.32. The molecule has 0 aliphatic carbocycles. The molecule has 1 unspecified atom stereocenters. The van der Waals surface area contributed by atoms with Crippen molar-refractivity contribution in [2.75, 3.05) is 31.3 Å². The number of aromatic nitrogens is 2. The zero-order valence-electron chi connectivity index (χ0n) is 16.4. The number of anilines is 1. The van der Waals surface area contributed by atoms with Crippen molar-refractivity contribution in [3.05, 3.63) is 40.8 Å². The molecule has 1 aromatic carbocycles. The number of hydrogen-bond acceptors (Lipinski definition) is 7. The smallest absolute Gasteiger partial charge is 0.320 e. The van der Waals surface area contributed by atoms with E-state index in [1.54, 1.807) is 18.9 Å². The highest BCUT2D eigenvalue weighted by Crippen LogP contribution is 2.37. The molecule has 0 fully saturated rings. The lowest BCUT2D eigenvalue weighted by Crippen LogP contribution is -2.11. The van der Waals surface area contributed by atoms with Crippen molar-refractivity contribution in [1.29, 1.82) is 0 Å². The molecule has 0 bridgehead atoms. The summed E-state index contributed by atoms with van der Waals surface area (Å²) in [4.78, 5) is 5.89. The summed E-state index contributed by atoms with van der Waals surface area (Å²) in [5.74, 6) is 1.92. The van der Waals surface area contributed by atoms with Gasteiger partial charge in [-0.2, -0.15) is 0 Å². The van der Waals surface area contributed by atoms with Gasteiger partial charge in [0.05, 0.1) is 11.6 Å². The number of nitrogens with zero attached hydrogens (tertiary/aromatic N) is 3. The molecule has 0 saturated heterocycles. The summed E-state index contributed by atoms with van der Waals surface area (Å²) in [5.41, 5.74) is 3.43. The molecule has 0 spiro atoms. The van der Waals surface area contributed by atoms with Gasteiger partial charge in [0.15, 0.2) is 0 Å². The highest BCUT2D eigenvalue weighted by atomic mass is 35.5. The topological polar surface area (TPSA) is 72.5 Å². The molecule has 0 amide bonds. The van der Waals surface area contributed by atoms with Crippen LogP contribution in [0.15, 0.2) is 33.0 Å². The summed E-state index contributed by atoms with van der Waals surface area (Å²) in [6.07, 6.45) is 1.54. The van der Waals surface area contributed by atoms with Crippen molar-refractivity contribution in [3.63, 3.8) is 0 Å². The first-order valence-electron chi connectivity index (χ1n) is 9.33. The molecular weight excluding hydrogens is 396 g/mol. The quantitative estimate of drug-likeness (QED) is 0.579. The minimum atomic E-state index is 0.310. The van der Waals surface area contributed by atoms with Gasteiger partial charge in [0, 0.05) is 53.4 Å². The number of ether oxygens (including phenoxy) is 1. The first-order valence-corrected chi connectivity index (χ1v) is 10.7. The number of aliphatic imine (C=N–C) groups is 1. The van der Waals surface area contributed by atoms with Gasteiger partial charge in [0.1, 0.15) is 0 Å². The predicted octanol–water partition coefficient (Wildman–Crippen LogP) is 4.94. The van der Waals surface area contributed by atoms with Crippen LogP contribution >= 0.6 is 23.4 Å². The van der Waals surface area contributed by atoms with Crippen molar-refractivity contribution in [2.24, 2.45) is 10.9 Å². The molecule has 1 aliphatic rings. The lowest BCUT2D eigenvalue weighted by molar-refractivity contribution is 0.161. The van der Waals surface area contributed by atoms with Gasteiger partial charge >= 0.3 is 6.01 Å². The van der Waals surface area contributed by atoms with Crippen LogP contribution in [0.1, 0.15) is 37.3 Å². The number of nitrogens with one attached hydrogen (secondary N) is 1. The Labute approximate surface area is 174 Å². The van der Waals surface area contributed by atoms with E-state index in [0.717, 1.165) is 40.5 Å². The van der Waals surface area contributed by atoms with E-state index in [0.29, 0.717) is 41.6 Å². The highest BCUT2D eigenvalue weighted by Gasteiger charge is 2.25. The van der Waals surface area contributed by atoms with E-state index >= 15 is 0 Å². The van der Waals surface area contributed by atoms with E-state index in [2.05, 4.69) is 35.1 Å². The van der Waals surface area contributed by atoms with E-state index < -0.39 is 0 Å². The molecule has 8 heteroatoms. The van der Waals surface area contributed by atoms with Crippen molar-refractivity contribution in [1.82, 2.24) is 10.2 Å². The summed E-state index contributed by atoms with van der Waals surface area (Å²) >= 11 is 8.62. The number of rotatable bonds is 9. The van der Waals surface area contributed by atoms with Gasteiger partial charge < -0.3 is 14.5 Å². The first-order chi connectivity index (χ1) is 13.6. The van der Waals surface area contributed by atoms with Crippen LogP contribution in [0.3, 0.4) is 0 Å². The Kier molecular flexibility index (Phi) is 7.15. The molecule has 3 rings (SSSR count). The Morgan fingerprint density at radius 3 is 2.89 bits per heavy atom. The van der Waals surface area contributed by atoms with Crippen LogP contribution in [0.4, 0.5) is 6.01 Å². The van der Waals surface area contributed by atoms with E-state index in [-0.39, 0.29) is 0 Å². The Hall–Kier alpha value is -1.83. The molecule has 1 aliphatic heterocycles. The molecule has 6 nitrogen and oxygen atoms in total. The second kappa shape index (κ2) is 9.58. The molecule has 1 atom stereocenters. The van der Waals surface area contributed by atoms with E-state index in [1.807, 2.05) is 13.0 Å². The van der Waals surface area contributed by atoms with Gasteiger partial charge in [0.25, 0.3) is 0 Å². The zero-order chi connectivity index (χ0) is 20.1. The third-order valence-electron chi connectivity index (χ3n) is 4.47. The van der Waals surface area contributed by atoms with Gasteiger partial charge in [-0.15, -0.1) is 16.9 Å². The maximum atomic E-state index is 6.86. The van der Waals surface area contributed by atoms with Crippen molar-refractivity contribution in [3.8, 4) is 0 Å². The molecule has 0 radical (unpaired) electrons. The molecular formula is C20H25ClN4O2S. The van der Waals surface area contributed by atoms with Crippen LogP contribution in [0.5, 0.6) is 0 Å². The third kappa shape index (κ3) is 4.59. The second-order valence-electron chi connectivity index (χ2n) is 6.50. The molecule has 1 N–H and O–H groups in total. The van der Waals surface area contributed by atoms with Gasteiger partial charge in [-0.3, -0.25) is 4.99 Å². The first kappa shape index (κ1) is 20.9. The van der Waals surface area contributed by atoms with Crippen LogP contribution in [0, 0.1) is 5.92 Å². The van der Waals surface area contributed by atoms with Gasteiger partial charge in [-0.1, -0.05) is 43.2 Å². The van der Waals surface area contributed by atoms with Gasteiger partial charge in [-0.05, 0) is 18.2 Å². The summed E-state index contributed by atoms with van der Waals surface area (Å²) < 4.78 is 10.8. The summed E-state index contributed by atoms with van der Waals surface area (Å²) in [5, 5.41) is 11.7. The lowest BCUT2D eigenvalue weighted by atomic mass is 9.99. The Balaban J connectivity index is 1.89. The Bertz CT molecular complexity index is 881. The number of benzene rings is 1. The summed E-state index contributed by atoms with van der Waals surface area (Å²) in [7, 11) is 1.72. The highest BCUT2D eigenvalue weighted by molar-refractivity contribution is 7.99. The van der Waals surface area contributed by atoms with Crippen molar-refractivity contribution >= 4 is 40.8 Å². The fourth-order valence-electron chi connectivity index (χ4n) is 3.15. The molecule has 28 heavy (non-hydrogen) atoms. The van der Waals surface area contributed by atoms with Gasteiger partial charge in [-0.25, -0.2) is 0 Å². The summed E-state index contributed by atoms with van der Waals surface area (Å²) in [6, 6.07) is 4.36. The third-order valence-corrected chi connectivity index (χ3v) is 5.80. The normalized spacial score (nSPS) is 16.3. The Morgan fingerprint density at radius 1 is 1.39 bits per heavy atom. The number of methoxy groups -OCH3 is 1. The number of thioether (sulfide) groups is 1. The SMILES string of the molecule is C=C(Nc1nnc(CC)o1)c1ccc(SCC)c(C2=NCC(COC)C2)c1Cl. The summed E-state index contributed by atoms with van der Waals surface area (Å²) in [6.45, 7) is 9.66. The van der Waals surface area contributed by atoms with Crippen LogP contribution in [-0.4, -0.2) is 41.9 Å².